The van der Waals surface area contributed by atoms with E-state index in [1.165, 1.54) is 5.56 Å². The predicted molar refractivity (Wildman–Crippen MR) is 96.5 cm³/mol. The molecule has 4 heteroatoms. The third-order valence-electron chi connectivity index (χ3n) is 3.47. The normalized spacial score (nSPS) is 10.4. The van der Waals surface area contributed by atoms with Crippen LogP contribution in [0.4, 0.5) is 11.4 Å². The number of carbonyl (C=O) groups is 1. The minimum atomic E-state index is 0.0275. The van der Waals surface area contributed by atoms with Crippen LogP contribution in [-0.4, -0.2) is 12.5 Å². The maximum absolute atomic E-state index is 12.1. The van der Waals surface area contributed by atoms with Gasteiger partial charge in [0.25, 0.3) is 0 Å². The van der Waals surface area contributed by atoms with Crippen LogP contribution in [0.3, 0.4) is 0 Å². The third kappa shape index (κ3) is 4.60. The highest BCUT2D eigenvalue weighted by Gasteiger charge is 2.08. The molecule has 2 rings (SSSR count). The average molecular weight is 361 g/mol. The summed E-state index contributed by atoms with van der Waals surface area (Å²) in [7, 11) is 0. The van der Waals surface area contributed by atoms with Crippen molar-refractivity contribution in [2.45, 2.75) is 27.2 Å². The van der Waals surface area contributed by atoms with Crippen LogP contribution in [0.5, 0.6) is 0 Å². The summed E-state index contributed by atoms with van der Waals surface area (Å²) in [5, 5.41) is 6.26. The van der Waals surface area contributed by atoms with Crippen molar-refractivity contribution >= 4 is 33.2 Å². The summed E-state index contributed by atoms with van der Waals surface area (Å²) in [4.78, 5) is 12.1. The number of halogens is 1. The van der Waals surface area contributed by atoms with E-state index < -0.39 is 0 Å². The summed E-state index contributed by atoms with van der Waals surface area (Å²) in [6.07, 6.45) is 0.433. The van der Waals surface area contributed by atoms with Crippen molar-refractivity contribution in [2.75, 3.05) is 17.2 Å². The van der Waals surface area contributed by atoms with Crippen LogP contribution in [0.1, 0.15) is 23.1 Å². The molecule has 0 aliphatic carbocycles. The van der Waals surface area contributed by atoms with E-state index in [1.807, 2.05) is 38.1 Å². The average Bonchev–Trinajstić information content (AvgIpc) is 2.45. The molecule has 0 aromatic heterocycles. The Kier molecular flexibility index (Phi) is 5.61. The molecule has 0 fully saturated rings. The first-order chi connectivity index (χ1) is 10.5. The summed E-state index contributed by atoms with van der Waals surface area (Å²) in [5.41, 5.74) is 5.36. The molecule has 0 saturated carbocycles. The van der Waals surface area contributed by atoms with Crippen molar-refractivity contribution in [3.8, 4) is 0 Å². The van der Waals surface area contributed by atoms with Crippen LogP contribution in [0.2, 0.25) is 0 Å². The van der Waals surface area contributed by atoms with E-state index in [1.54, 1.807) is 0 Å². The Morgan fingerprint density at radius 3 is 2.23 bits per heavy atom. The van der Waals surface area contributed by atoms with Gasteiger partial charge in [0.2, 0.25) is 5.91 Å². The van der Waals surface area contributed by atoms with Gasteiger partial charge >= 0.3 is 0 Å². The lowest BCUT2D eigenvalue weighted by molar-refractivity contribution is -0.115. The van der Waals surface area contributed by atoms with Gasteiger partial charge in [0.1, 0.15) is 0 Å². The van der Waals surface area contributed by atoms with Crippen molar-refractivity contribution in [2.24, 2.45) is 0 Å². The first kappa shape index (κ1) is 16.6. The summed E-state index contributed by atoms with van der Waals surface area (Å²) in [6, 6.07) is 12.1. The molecule has 3 nitrogen and oxygen atoms in total. The van der Waals surface area contributed by atoms with Crippen LogP contribution >= 0.6 is 15.9 Å². The molecular formula is C18H21BrN2O. The van der Waals surface area contributed by atoms with Gasteiger partial charge in [0.15, 0.2) is 0 Å². The number of hydrogen-bond donors (Lipinski definition) is 2. The second-order valence-electron chi connectivity index (χ2n) is 5.51. The van der Waals surface area contributed by atoms with Gasteiger partial charge < -0.3 is 10.6 Å². The Bertz CT molecular complexity index is 642. The minimum absolute atomic E-state index is 0.0275. The van der Waals surface area contributed by atoms with Crippen LogP contribution in [0.15, 0.2) is 40.9 Å². The Balaban J connectivity index is 1.87. The lowest BCUT2D eigenvalue weighted by atomic mass is 10.1. The lowest BCUT2D eigenvalue weighted by Crippen LogP contribution is -2.17. The molecule has 0 bridgehead atoms. The zero-order chi connectivity index (χ0) is 16.1. The fourth-order valence-electron chi connectivity index (χ4n) is 2.47. The number of amides is 1. The number of aryl methyl sites for hydroxylation is 3. The maximum Gasteiger partial charge on any atom is 0.226 e. The number of nitrogens with one attached hydrogen (secondary N) is 2. The second-order valence-corrected chi connectivity index (χ2v) is 6.42. The lowest BCUT2D eigenvalue weighted by Gasteiger charge is -2.13. The standard InChI is InChI=1S/C18H21BrN2O/c1-12-10-13(2)18(14(3)11-12)21-17(22)8-9-20-16-6-4-15(19)5-7-16/h4-7,10-11,20H,8-9H2,1-3H3,(H,21,22). The molecule has 0 spiro atoms. The number of hydrogen-bond acceptors (Lipinski definition) is 2. The fourth-order valence-corrected chi connectivity index (χ4v) is 2.73. The van der Waals surface area contributed by atoms with Crippen molar-refractivity contribution in [1.82, 2.24) is 0 Å². The topological polar surface area (TPSA) is 41.1 Å². The van der Waals surface area contributed by atoms with E-state index in [-0.39, 0.29) is 5.91 Å². The fraction of sp³-hybridized carbons (Fsp3) is 0.278. The van der Waals surface area contributed by atoms with Crippen LogP contribution in [-0.2, 0) is 4.79 Å². The Labute approximate surface area is 140 Å². The molecule has 2 N–H and O–H groups in total. The van der Waals surface area contributed by atoms with E-state index in [0.717, 1.165) is 27.0 Å². The zero-order valence-electron chi connectivity index (χ0n) is 13.2. The second kappa shape index (κ2) is 7.45. The molecule has 2 aromatic carbocycles. The first-order valence-corrected chi connectivity index (χ1v) is 8.12. The maximum atomic E-state index is 12.1. The molecule has 0 unspecified atom stereocenters. The van der Waals surface area contributed by atoms with Crippen LogP contribution < -0.4 is 10.6 Å². The smallest absolute Gasteiger partial charge is 0.226 e. The number of carbonyl (C=O) groups excluding carboxylic acids is 1. The number of benzene rings is 2. The predicted octanol–water partition coefficient (Wildman–Crippen LogP) is 4.82. The van der Waals surface area contributed by atoms with Gasteiger partial charge in [-0.1, -0.05) is 33.6 Å². The van der Waals surface area contributed by atoms with Crippen LogP contribution in [0.25, 0.3) is 0 Å². The first-order valence-electron chi connectivity index (χ1n) is 7.33. The molecule has 116 valence electrons. The van der Waals surface area contributed by atoms with Crippen LogP contribution in [0, 0.1) is 20.8 Å². The van der Waals surface area contributed by atoms with Gasteiger partial charge in [0, 0.05) is 28.8 Å². The molecule has 0 aliphatic heterocycles. The van der Waals surface area contributed by atoms with Gasteiger partial charge in [-0.15, -0.1) is 0 Å². The molecule has 1 amide bonds. The largest absolute Gasteiger partial charge is 0.385 e. The van der Waals surface area contributed by atoms with Crippen molar-refractivity contribution in [3.05, 3.63) is 57.6 Å². The van der Waals surface area contributed by atoms with E-state index in [2.05, 4.69) is 45.6 Å². The van der Waals surface area contributed by atoms with Gasteiger partial charge in [-0.05, 0) is 56.2 Å². The molecular weight excluding hydrogens is 340 g/mol. The summed E-state index contributed by atoms with van der Waals surface area (Å²) in [6.45, 7) is 6.72. The van der Waals surface area contributed by atoms with E-state index in [4.69, 9.17) is 0 Å². The minimum Gasteiger partial charge on any atom is -0.385 e. The molecule has 22 heavy (non-hydrogen) atoms. The SMILES string of the molecule is Cc1cc(C)c(NC(=O)CCNc2ccc(Br)cc2)c(C)c1. The number of rotatable bonds is 5. The van der Waals surface area contributed by atoms with Crippen molar-refractivity contribution in [1.29, 1.82) is 0 Å². The van der Waals surface area contributed by atoms with Gasteiger partial charge in [-0.2, -0.15) is 0 Å². The van der Waals surface area contributed by atoms with Crippen molar-refractivity contribution < 1.29 is 4.79 Å². The quantitative estimate of drug-likeness (QED) is 0.802. The molecule has 2 aromatic rings. The summed E-state index contributed by atoms with van der Waals surface area (Å²) < 4.78 is 1.04. The summed E-state index contributed by atoms with van der Waals surface area (Å²) in [5.74, 6) is 0.0275. The van der Waals surface area contributed by atoms with E-state index in [9.17, 15) is 4.79 Å². The highest BCUT2D eigenvalue weighted by molar-refractivity contribution is 9.10. The third-order valence-corrected chi connectivity index (χ3v) is 4.00. The molecule has 0 radical (unpaired) electrons. The Morgan fingerprint density at radius 2 is 1.64 bits per heavy atom. The van der Waals surface area contributed by atoms with Crippen molar-refractivity contribution in [3.63, 3.8) is 0 Å². The highest BCUT2D eigenvalue weighted by atomic mass is 79.9. The Morgan fingerprint density at radius 1 is 1.05 bits per heavy atom. The molecule has 0 saturated heterocycles. The highest BCUT2D eigenvalue weighted by Crippen LogP contribution is 2.22. The van der Waals surface area contributed by atoms with Gasteiger partial charge in [-0.3, -0.25) is 4.79 Å². The van der Waals surface area contributed by atoms with Gasteiger partial charge in [0.05, 0.1) is 0 Å². The Hall–Kier alpha value is -1.81. The zero-order valence-corrected chi connectivity index (χ0v) is 14.8. The summed E-state index contributed by atoms with van der Waals surface area (Å²) >= 11 is 3.40. The molecule has 0 atom stereocenters. The van der Waals surface area contributed by atoms with Gasteiger partial charge in [-0.25, -0.2) is 0 Å². The van der Waals surface area contributed by atoms with E-state index in [0.29, 0.717) is 13.0 Å². The molecule has 0 aliphatic rings. The number of anilines is 2. The molecule has 0 heterocycles. The monoisotopic (exact) mass is 360 g/mol. The van der Waals surface area contributed by atoms with E-state index >= 15 is 0 Å².